The molecule has 0 heterocycles. The van der Waals surface area contributed by atoms with Gasteiger partial charge in [-0.3, -0.25) is 0 Å². The van der Waals surface area contributed by atoms with Crippen molar-refractivity contribution in [3.05, 3.63) is 58.6 Å². The molecule has 2 aromatic carbocycles. The molecule has 0 fully saturated rings. The first-order valence-corrected chi connectivity index (χ1v) is 6.20. The van der Waals surface area contributed by atoms with Crippen molar-refractivity contribution in [1.82, 2.24) is 0 Å². The van der Waals surface area contributed by atoms with Crippen molar-refractivity contribution in [3.63, 3.8) is 0 Å². The average Bonchev–Trinajstić information content (AvgIpc) is 2.42. The summed E-state index contributed by atoms with van der Waals surface area (Å²) < 4.78 is 5.14. The van der Waals surface area contributed by atoms with Crippen molar-refractivity contribution in [2.24, 2.45) is 0 Å². The van der Waals surface area contributed by atoms with Crippen LogP contribution in [0, 0.1) is 0 Å². The minimum Gasteiger partial charge on any atom is -0.497 e. The molecule has 94 valence electrons. The van der Waals surface area contributed by atoms with Gasteiger partial charge in [0.15, 0.2) is 0 Å². The summed E-state index contributed by atoms with van der Waals surface area (Å²) in [6.45, 7) is 0. The van der Waals surface area contributed by atoms with E-state index in [-0.39, 0.29) is 0 Å². The molecular weight excluding hydrogens is 246 g/mol. The Morgan fingerprint density at radius 3 is 2.39 bits per heavy atom. The van der Waals surface area contributed by atoms with Crippen molar-refractivity contribution in [1.29, 1.82) is 0 Å². The molecule has 0 unspecified atom stereocenters. The Balaban J connectivity index is 2.17. The molecule has 0 amide bonds. The van der Waals surface area contributed by atoms with Gasteiger partial charge in [0.25, 0.3) is 0 Å². The number of ether oxygens (including phenoxy) is 1. The average molecular weight is 262 g/mol. The van der Waals surface area contributed by atoms with E-state index in [0.717, 1.165) is 28.4 Å². The highest BCUT2D eigenvalue weighted by molar-refractivity contribution is 6.31. The van der Waals surface area contributed by atoms with E-state index in [9.17, 15) is 0 Å². The molecule has 1 N–H and O–H groups in total. The third kappa shape index (κ3) is 2.96. The predicted molar refractivity (Wildman–Crippen MR) is 76.8 cm³/mol. The Bertz CT molecular complexity index is 523. The molecule has 2 aromatic rings. The van der Waals surface area contributed by atoms with E-state index in [1.807, 2.05) is 25.2 Å². The highest BCUT2D eigenvalue weighted by Gasteiger charge is 2.03. The quantitative estimate of drug-likeness (QED) is 0.899. The third-order valence-electron chi connectivity index (χ3n) is 2.90. The van der Waals surface area contributed by atoms with Gasteiger partial charge < -0.3 is 10.1 Å². The van der Waals surface area contributed by atoms with Crippen molar-refractivity contribution in [2.45, 2.75) is 6.42 Å². The minimum atomic E-state index is 0.743. The lowest BCUT2D eigenvalue weighted by Gasteiger charge is -2.07. The van der Waals surface area contributed by atoms with Crippen LogP contribution in [0.5, 0.6) is 5.75 Å². The minimum absolute atomic E-state index is 0.743. The first-order chi connectivity index (χ1) is 8.72. The summed E-state index contributed by atoms with van der Waals surface area (Å²) in [6.07, 6.45) is 0.826. The molecule has 0 aliphatic rings. The molecule has 0 atom stereocenters. The summed E-state index contributed by atoms with van der Waals surface area (Å²) in [4.78, 5) is 0. The normalized spacial score (nSPS) is 10.2. The lowest BCUT2D eigenvalue weighted by molar-refractivity contribution is 0.414. The van der Waals surface area contributed by atoms with Crippen LogP contribution < -0.4 is 10.1 Å². The van der Waals surface area contributed by atoms with Crippen LogP contribution in [-0.2, 0) is 6.42 Å². The molecule has 2 nitrogen and oxygen atoms in total. The summed E-state index contributed by atoms with van der Waals surface area (Å²) in [6, 6.07) is 14.1. The lowest BCUT2D eigenvalue weighted by Crippen LogP contribution is -1.92. The lowest BCUT2D eigenvalue weighted by atomic mass is 10.0. The van der Waals surface area contributed by atoms with Crippen LogP contribution in [0.1, 0.15) is 11.1 Å². The maximum atomic E-state index is 6.22. The fraction of sp³-hybridized carbons (Fsp3) is 0.200. The number of benzene rings is 2. The zero-order valence-corrected chi connectivity index (χ0v) is 11.3. The number of methoxy groups -OCH3 is 1. The summed E-state index contributed by atoms with van der Waals surface area (Å²) >= 11 is 6.22. The summed E-state index contributed by atoms with van der Waals surface area (Å²) in [5.41, 5.74) is 3.45. The first kappa shape index (κ1) is 12.8. The van der Waals surface area contributed by atoms with E-state index in [0.29, 0.717) is 0 Å². The summed E-state index contributed by atoms with van der Waals surface area (Å²) in [7, 11) is 3.55. The number of rotatable bonds is 4. The Hall–Kier alpha value is -1.67. The fourth-order valence-corrected chi connectivity index (χ4v) is 2.04. The maximum Gasteiger partial charge on any atom is 0.120 e. The molecule has 0 radical (unpaired) electrons. The van der Waals surface area contributed by atoms with Gasteiger partial charge in [0, 0.05) is 17.8 Å². The Morgan fingerprint density at radius 2 is 1.83 bits per heavy atom. The van der Waals surface area contributed by atoms with Gasteiger partial charge in [-0.05, 0) is 41.8 Å². The van der Waals surface area contributed by atoms with Gasteiger partial charge in [-0.15, -0.1) is 0 Å². The number of anilines is 1. The van der Waals surface area contributed by atoms with Crippen LogP contribution in [0.2, 0.25) is 5.02 Å². The molecule has 3 heteroatoms. The van der Waals surface area contributed by atoms with E-state index in [1.165, 1.54) is 5.56 Å². The number of halogens is 1. The standard InChI is InChI=1S/C15H16ClNO/c1-17-13-6-3-11(4-7-13)9-12-5-8-14(18-2)10-15(12)16/h3-8,10,17H,9H2,1-2H3. The van der Waals surface area contributed by atoms with E-state index in [4.69, 9.17) is 16.3 Å². The molecule has 0 spiro atoms. The Labute approximate surface area is 113 Å². The SMILES string of the molecule is CNc1ccc(Cc2ccc(OC)cc2Cl)cc1. The van der Waals surface area contributed by atoms with Crippen LogP contribution in [-0.4, -0.2) is 14.2 Å². The fourth-order valence-electron chi connectivity index (χ4n) is 1.81. The molecule has 18 heavy (non-hydrogen) atoms. The van der Waals surface area contributed by atoms with Crippen molar-refractivity contribution < 1.29 is 4.74 Å². The van der Waals surface area contributed by atoms with E-state index in [2.05, 4.69) is 29.6 Å². The number of nitrogens with one attached hydrogen (secondary N) is 1. The monoisotopic (exact) mass is 261 g/mol. The topological polar surface area (TPSA) is 21.3 Å². The number of hydrogen-bond donors (Lipinski definition) is 1. The van der Waals surface area contributed by atoms with Gasteiger partial charge in [-0.1, -0.05) is 29.8 Å². The van der Waals surface area contributed by atoms with E-state index in [1.54, 1.807) is 7.11 Å². The second kappa shape index (κ2) is 5.78. The molecule has 0 aromatic heterocycles. The molecule has 0 aliphatic carbocycles. The van der Waals surface area contributed by atoms with Gasteiger partial charge in [0.2, 0.25) is 0 Å². The van der Waals surface area contributed by atoms with Gasteiger partial charge in [0.05, 0.1) is 7.11 Å². The largest absolute Gasteiger partial charge is 0.497 e. The van der Waals surface area contributed by atoms with Crippen LogP contribution in [0.15, 0.2) is 42.5 Å². The zero-order chi connectivity index (χ0) is 13.0. The second-order valence-corrected chi connectivity index (χ2v) is 4.49. The van der Waals surface area contributed by atoms with Gasteiger partial charge in [-0.25, -0.2) is 0 Å². The van der Waals surface area contributed by atoms with Crippen LogP contribution in [0.4, 0.5) is 5.69 Å². The number of hydrogen-bond acceptors (Lipinski definition) is 2. The van der Waals surface area contributed by atoms with Crippen molar-refractivity contribution >= 4 is 17.3 Å². The molecule has 0 saturated heterocycles. The predicted octanol–water partition coefficient (Wildman–Crippen LogP) is 3.98. The Morgan fingerprint density at radius 1 is 1.11 bits per heavy atom. The summed E-state index contributed by atoms with van der Waals surface area (Å²) in [5.74, 6) is 0.786. The van der Waals surface area contributed by atoms with Gasteiger partial charge in [-0.2, -0.15) is 0 Å². The van der Waals surface area contributed by atoms with E-state index < -0.39 is 0 Å². The van der Waals surface area contributed by atoms with Crippen molar-refractivity contribution in [3.8, 4) is 5.75 Å². The van der Waals surface area contributed by atoms with Crippen LogP contribution in [0.25, 0.3) is 0 Å². The zero-order valence-electron chi connectivity index (χ0n) is 10.5. The second-order valence-electron chi connectivity index (χ2n) is 4.08. The van der Waals surface area contributed by atoms with Crippen LogP contribution in [0.3, 0.4) is 0 Å². The van der Waals surface area contributed by atoms with E-state index >= 15 is 0 Å². The Kier molecular flexibility index (Phi) is 4.11. The third-order valence-corrected chi connectivity index (χ3v) is 3.25. The molecule has 0 aliphatic heterocycles. The first-order valence-electron chi connectivity index (χ1n) is 5.82. The van der Waals surface area contributed by atoms with Gasteiger partial charge >= 0.3 is 0 Å². The van der Waals surface area contributed by atoms with Crippen LogP contribution >= 0.6 is 11.6 Å². The maximum absolute atomic E-state index is 6.22. The van der Waals surface area contributed by atoms with Gasteiger partial charge in [0.1, 0.15) is 5.75 Å². The molecule has 2 rings (SSSR count). The smallest absolute Gasteiger partial charge is 0.120 e. The van der Waals surface area contributed by atoms with Crippen molar-refractivity contribution in [2.75, 3.05) is 19.5 Å². The molecule has 0 saturated carbocycles. The highest BCUT2D eigenvalue weighted by Crippen LogP contribution is 2.24. The summed E-state index contributed by atoms with van der Waals surface area (Å²) in [5, 5.41) is 3.84. The highest BCUT2D eigenvalue weighted by atomic mass is 35.5. The molecule has 0 bridgehead atoms. The molecular formula is C15H16ClNO.